The highest BCUT2D eigenvalue weighted by molar-refractivity contribution is 6.42. The number of anilines is 1. The smallest absolute Gasteiger partial charge is 0.339 e. The Morgan fingerprint density at radius 1 is 1.07 bits per heavy atom. The molecule has 29 heavy (non-hydrogen) atoms. The second-order valence-electron chi connectivity index (χ2n) is 6.65. The van der Waals surface area contributed by atoms with Crippen LogP contribution in [0.1, 0.15) is 28.0 Å². The Kier molecular flexibility index (Phi) is 5.63. The first-order valence-corrected chi connectivity index (χ1v) is 10.1. The fourth-order valence-corrected chi connectivity index (χ4v) is 4.40. The van der Waals surface area contributed by atoms with Gasteiger partial charge in [-0.05, 0) is 43.0 Å². The molecular formula is C21H15Cl3N2O3. The van der Waals surface area contributed by atoms with Gasteiger partial charge in [0.15, 0.2) is 6.61 Å². The van der Waals surface area contributed by atoms with Crippen molar-refractivity contribution in [1.29, 1.82) is 0 Å². The Labute approximate surface area is 181 Å². The number of carbonyl (C=O) groups is 2. The van der Waals surface area contributed by atoms with Crippen molar-refractivity contribution in [1.82, 2.24) is 4.98 Å². The number of aryl methyl sites for hydroxylation is 1. The lowest BCUT2D eigenvalue weighted by Gasteiger charge is -2.13. The summed E-state index contributed by atoms with van der Waals surface area (Å²) in [5.74, 6) is -1.11. The zero-order valence-corrected chi connectivity index (χ0v) is 17.4. The molecule has 1 aliphatic carbocycles. The standard InChI is InChI=1S/C21H15Cl3N2O3/c22-11-8-14(23)20(15(24)9-11)26-18(27)10-29-21(28)19-12-4-1-2-6-16(12)25-17-7-3-5-13(17)19/h1-2,4,6,8-9H,3,5,7,10H2,(H,26,27). The number of ether oxygens (including phenoxy) is 1. The molecule has 1 aromatic heterocycles. The number of hydrogen-bond donors (Lipinski definition) is 1. The zero-order valence-electron chi connectivity index (χ0n) is 15.1. The van der Waals surface area contributed by atoms with Crippen molar-refractivity contribution < 1.29 is 14.3 Å². The number of nitrogens with one attached hydrogen (secondary N) is 1. The second kappa shape index (κ2) is 8.19. The van der Waals surface area contributed by atoms with Crippen LogP contribution in [0.4, 0.5) is 5.69 Å². The monoisotopic (exact) mass is 448 g/mol. The van der Waals surface area contributed by atoms with Crippen molar-refractivity contribution in [3.8, 4) is 0 Å². The van der Waals surface area contributed by atoms with E-state index in [1.807, 2.05) is 24.3 Å². The maximum atomic E-state index is 12.9. The quantitative estimate of drug-likeness (QED) is 0.536. The van der Waals surface area contributed by atoms with Crippen LogP contribution in [0, 0.1) is 0 Å². The summed E-state index contributed by atoms with van der Waals surface area (Å²) in [5.41, 5.74) is 3.26. The normalized spacial score (nSPS) is 12.7. The molecule has 0 saturated carbocycles. The molecule has 0 aliphatic heterocycles. The van der Waals surface area contributed by atoms with Crippen LogP contribution in [0.5, 0.6) is 0 Å². The Bertz CT molecular complexity index is 1120. The van der Waals surface area contributed by atoms with Crippen LogP contribution in [0.3, 0.4) is 0 Å². The van der Waals surface area contributed by atoms with E-state index in [2.05, 4.69) is 10.3 Å². The van der Waals surface area contributed by atoms with Crippen molar-refractivity contribution in [2.45, 2.75) is 19.3 Å². The van der Waals surface area contributed by atoms with Crippen molar-refractivity contribution in [2.24, 2.45) is 0 Å². The van der Waals surface area contributed by atoms with E-state index in [1.54, 1.807) is 0 Å². The highest BCUT2D eigenvalue weighted by Gasteiger charge is 2.25. The summed E-state index contributed by atoms with van der Waals surface area (Å²) in [6.45, 7) is -0.473. The van der Waals surface area contributed by atoms with E-state index in [1.165, 1.54) is 12.1 Å². The number of para-hydroxylation sites is 1. The molecule has 8 heteroatoms. The van der Waals surface area contributed by atoms with Crippen LogP contribution in [0.25, 0.3) is 10.9 Å². The molecule has 1 heterocycles. The number of nitrogens with zero attached hydrogens (tertiary/aromatic N) is 1. The van der Waals surface area contributed by atoms with Crippen molar-refractivity contribution in [3.63, 3.8) is 0 Å². The molecule has 4 rings (SSSR count). The number of benzene rings is 2. The number of halogens is 3. The molecule has 2 aromatic carbocycles. The molecule has 5 nitrogen and oxygen atoms in total. The minimum absolute atomic E-state index is 0.195. The van der Waals surface area contributed by atoms with Gasteiger partial charge in [0.1, 0.15) is 0 Å². The van der Waals surface area contributed by atoms with Gasteiger partial charge in [-0.3, -0.25) is 9.78 Å². The third-order valence-corrected chi connectivity index (χ3v) is 5.54. The van der Waals surface area contributed by atoms with Crippen LogP contribution in [0.15, 0.2) is 36.4 Å². The number of carbonyl (C=O) groups excluding carboxylic acids is 2. The van der Waals surface area contributed by atoms with Gasteiger partial charge >= 0.3 is 5.97 Å². The first-order chi connectivity index (χ1) is 13.9. The van der Waals surface area contributed by atoms with E-state index < -0.39 is 18.5 Å². The van der Waals surface area contributed by atoms with Crippen LogP contribution in [-0.2, 0) is 22.4 Å². The molecule has 0 saturated heterocycles. The average Bonchev–Trinajstić information content (AvgIpc) is 3.14. The van der Waals surface area contributed by atoms with E-state index in [0.717, 1.165) is 41.4 Å². The zero-order chi connectivity index (χ0) is 20.5. The molecule has 0 spiro atoms. The fourth-order valence-electron chi connectivity index (χ4n) is 3.48. The molecule has 0 unspecified atom stereocenters. The molecule has 0 fully saturated rings. The van der Waals surface area contributed by atoms with Crippen LogP contribution in [-0.4, -0.2) is 23.5 Å². The van der Waals surface area contributed by atoms with Gasteiger partial charge in [0.05, 0.1) is 26.8 Å². The molecule has 0 radical (unpaired) electrons. The SMILES string of the molecule is O=C(COC(=O)c1c2c(nc3ccccc13)CCC2)Nc1c(Cl)cc(Cl)cc1Cl. The van der Waals surface area contributed by atoms with Gasteiger partial charge in [-0.2, -0.15) is 0 Å². The lowest BCUT2D eigenvalue weighted by molar-refractivity contribution is -0.119. The lowest BCUT2D eigenvalue weighted by atomic mass is 10.0. The number of esters is 1. The van der Waals surface area contributed by atoms with Crippen molar-refractivity contribution >= 4 is 63.3 Å². The summed E-state index contributed by atoms with van der Waals surface area (Å²) in [6.07, 6.45) is 2.53. The summed E-state index contributed by atoms with van der Waals surface area (Å²) in [6, 6.07) is 10.3. The third-order valence-electron chi connectivity index (χ3n) is 4.73. The summed E-state index contributed by atoms with van der Waals surface area (Å²) in [7, 11) is 0. The van der Waals surface area contributed by atoms with E-state index in [4.69, 9.17) is 39.5 Å². The summed E-state index contributed by atoms with van der Waals surface area (Å²) in [5, 5.41) is 4.01. The molecular weight excluding hydrogens is 435 g/mol. The maximum Gasteiger partial charge on any atom is 0.339 e. The number of fused-ring (bicyclic) bond motifs is 2. The Hall–Kier alpha value is -2.34. The van der Waals surface area contributed by atoms with E-state index in [-0.39, 0.29) is 15.7 Å². The minimum atomic E-state index is -0.556. The lowest BCUT2D eigenvalue weighted by Crippen LogP contribution is -2.22. The van der Waals surface area contributed by atoms with Gasteiger partial charge < -0.3 is 10.1 Å². The van der Waals surface area contributed by atoms with Gasteiger partial charge in [-0.15, -0.1) is 0 Å². The number of aromatic nitrogens is 1. The molecule has 0 atom stereocenters. The van der Waals surface area contributed by atoms with E-state index in [0.29, 0.717) is 10.6 Å². The minimum Gasteiger partial charge on any atom is -0.452 e. The average molecular weight is 450 g/mol. The predicted molar refractivity (Wildman–Crippen MR) is 114 cm³/mol. The summed E-state index contributed by atoms with van der Waals surface area (Å²) < 4.78 is 5.31. The van der Waals surface area contributed by atoms with Gasteiger partial charge in [0.2, 0.25) is 0 Å². The maximum absolute atomic E-state index is 12.9. The molecule has 1 N–H and O–H groups in total. The number of amides is 1. The number of rotatable bonds is 4. The summed E-state index contributed by atoms with van der Waals surface area (Å²) >= 11 is 18.0. The topological polar surface area (TPSA) is 68.3 Å². The van der Waals surface area contributed by atoms with Gasteiger partial charge in [0.25, 0.3) is 5.91 Å². The van der Waals surface area contributed by atoms with Crippen LogP contribution >= 0.6 is 34.8 Å². The van der Waals surface area contributed by atoms with Crippen molar-refractivity contribution in [2.75, 3.05) is 11.9 Å². The molecule has 0 bridgehead atoms. The predicted octanol–water partition coefficient (Wildman–Crippen LogP) is 5.48. The van der Waals surface area contributed by atoms with E-state index in [9.17, 15) is 9.59 Å². The van der Waals surface area contributed by atoms with Gasteiger partial charge in [-0.1, -0.05) is 53.0 Å². The third kappa shape index (κ3) is 4.04. The molecule has 1 aliphatic rings. The Morgan fingerprint density at radius 3 is 2.55 bits per heavy atom. The van der Waals surface area contributed by atoms with Crippen LogP contribution < -0.4 is 5.32 Å². The molecule has 1 amide bonds. The Balaban J connectivity index is 1.53. The summed E-state index contributed by atoms with van der Waals surface area (Å²) in [4.78, 5) is 29.8. The van der Waals surface area contributed by atoms with E-state index >= 15 is 0 Å². The largest absolute Gasteiger partial charge is 0.452 e. The van der Waals surface area contributed by atoms with Gasteiger partial charge in [-0.25, -0.2) is 4.79 Å². The fraction of sp³-hybridized carbons (Fsp3) is 0.190. The first-order valence-electron chi connectivity index (χ1n) is 8.96. The highest BCUT2D eigenvalue weighted by atomic mass is 35.5. The molecule has 148 valence electrons. The number of hydrogen-bond acceptors (Lipinski definition) is 4. The number of pyridine rings is 1. The van der Waals surface area contributed by atoms with Crippen molar-refractivity contribution in [3.05, 3.63) is 68.3 Å². The molecule has 3 aromatic rings. The van der Waals surface area contributed by atoms with Crippen LogP contribution in [0.2, 0.25) is 15.1 Å². The Morgan fingerprint density at radius 2 is 1.79 bits per heavy atom. The van der Waals surface area contributed by atoms with Gasteiger partial charge in [0, 0.05) is 16.1 Å². The first kappa shape index (κ1) is 20.0. The second-order valence-corrected chi connectivity index (χ2v) is 7.90. The highest BCUT2D eigenvalue weighted by Crippen LogP contribution is 2.34.